The van der Waals surface area contributed by atoms with E-state index in [1.807, 2.05) is 24.3 Å². The standard InChI is InChI=1S/C15H20N2O3/c1-19-10-12(6-8-18)17-15-14-4-3-13(20-2)9-11(14)5-7-16-15/h3-5,7,9,12,18H,6,8,10H2,1-2H3,(H,16,17). The molecule has 0 fully saturated rings. The summed E-state index contributed by atoms with van der Waals surface area (Å²) in [6.45, 7) is 0.633. The normalized spacial score (nSPS) is 12.3. The Morgan fingerprint density at radius 2 is 2.15 bits per heavy atom. The van der Waals surface area contributed by atoms with Crippen LogP contribution in [0.1, 0.15) is 6.42 Å². The van der Waals surface area contributed by atoms with Gasteiger partial charge in [-0.1, -0.05) is 0 Å². The molecule has 0 saturated heterocycles. The van der Waals surface area contributed by atoms with Gasteiger partial charge in [0.1, 0.15) is 11.6 Å². The van der Waals surface area contributed by atoms with Gasteiger partial charge in [0.05, 0.1) is 19.8 Å². The second-order valence-electron chi connectivity index (χ2n) is 4.56. The molecule has 1 aromatic carbocycles. The molecule has 20 heavy (non-hydrogen) atoms. The Balaban J connectivity index is 2.29. The molecule has 2 aromatic rings. The first kappa shape index (κ1) is 14.6. The molecule has 2 N–H and O–H groups in total. The van der Waals surface area contributed by atoms with Crippen molar-refractivity contribution in [2.24, 2.45) is 0 Å². The molecule has 0 aliphatic heterocycles. The Kier molecular flexibility index (Phi) is 5.15. The van der Waals surface area contributed by atoms with Crippen LogP contribution in [0.15, 0.2) is 30.5 Å². The van der Waals surface area contributed by atoms with Crippen LogP contribution in [0.25, 0.3) is 10.8 Å². The van der Waals surface area contributed by atoms with Gasteiger partial charge in [-0.15, -0.1) is 0 Å². The molecule has 1 unspecified atom stereocenters. The SMILES string of the molecule is COCC(CCO)Nc1nccc2cc(OC)ccc12. The molecule has 0 radical (unpaired) electrons. The molecule has 0 saturated carbocycles. The second-order valence-corrected chi connectivity index (χ2v) is 4.56. The first-order chi connectivity index (χ1) is 9.78. The van der Waals surface area contributed by atoms with Gasteiger partial charge in [-0.2, -0.15) is 0 Å². The summed E-state index contributed by atoms with van der Waals surface area (Å²) in [7, 11) is 3.30. The zero-order valence-corrected chi connectivity index (χ0v) is 11.8. The third-order valence-corrected chi connectivity index (χ3v) is 3.16. The number of aromatic nitrogens is 1. The number of anilines is 1. The Bertz CT molecular complexity index is 554. The van der Waals surface area contributed by atoms with Crippen LogP contribution in [0.4, 0.5) is 5.82 Å². The van der Waals surface area contributed by atoms with Crippen molar-refractivity contribution in [2.45, 2.75) is 12.5 Å². The maximum atomic E-state index is 9.09. The number of fused-ring (bicyclic) bond motifs is 1. The lowest BCUT2D eigenvalue weighted by Crippen LogP contribution is -2.26. The lowest BCUT2D eigenvalue weighted by molar-refractivity contribution is 0.170. The molecule has 1 atom stereocenters. The van der Waals surface area contributed by atoms with Gasteiger partial charge in [0.15, 0.2) is 0 Å². The first-order valence-electron chi connectivity index (χ1n) is 6.57. The molecule has 2 rings (SSSR count). The number of benzene rings is 1. The number of rotatable bonds is 7. The van der Waals surface area contributed by atoms with Crippen molar-refractivity contribution in [1.82, 2.24) is 4.98 Å². The van der Waals surface area contributed by atoms with Gasteiger partial charge in [-0.05, 0) is 36.1 Å². The average Bonchev–Trinajstić information content (AvgIpc) is 2.47. The number of hydrogen-bond donors (Lipinski definition) is 2. The monoisotopic (exact) mass is 276 g/mol. The molecule has 5 heteroatoms. The van der Waals surface area contributed by atoms with Crippen molar-refractivity contribution in [3.05, 3.63) is 30.5 Å². The van der Waals surface area contributed by atoms with Gasteiger partial charge >= 0.3 is 0 Å². The molecule has 0 amide bonds. The smallest absolute Gasteiger partial charge is 0.134 e. The highest BCUT2D eigenvalue weighted by atomic mass is 16.5. The zero-order valence-electron chi connectivity index (χ0n) is 11.8. The van der Waals surface area contributed by atoms with Crippen molar-refractivity contribution in [1.29, 1.82) is 0 Å². The number of hydrogen-bond acceptors (Lipinski definition) is 5. The maximum Gasteiger partial charge on any atom is 0.134 e. The van der Waals surface area contributed by atoms with Gasteiger partial charge in [0, 0.05) is 25.3 Å². The number of ether oxygens (including phenoxy) is 2. The van der Waals surface area contributed by atoms with Gasteiger partial charge in [-0.25, -0.2) is 4.98 Å². The topological polar surface area (TPSA) is 63.6 Å². The molecule has 108 valence electrons. The van der Waals surface area contributed by atoms with E-state index < -0.39 is 0 Å². The predicted octanol–water partition coefficient (Wildman–Crippen LogP) is 2.05. The summed E-state index contributed by atoms with van der Waals surface area (Å²) in [6, 6.07) is 7.84. The largest absolute Gasteiger partial charge is 0.497 e. The highest BCUT2D eigenvalue weighted by Gasteiger charge is 2.11. The third kappa shape index (κ3) is 3.37. The average molecular weight is 276 g/mol. The summed E-state index contributed by atoms with van der Waals surface area (Å²) in [5.74, 6) is 1.61. The lowest BCUT2D eigenvalue weighted by atomic mass is 10.1. The van der Waals surface area contributed by atoms with Crippen LogP contribution in [0.3, 0.4) is 0 Å². The van der Waals surface area contributed by atoms with E-state index in [1.54, 1.807) is 20.4 Å². The maximum absolute atomic E-state index is 9.09. The minimum Gasteiger partial charge on any atom is -0.497 e. The quantitative estimate of drug-likeness (QED) is 0.810. The fourth-order valence-electron chi connectivity index (χ4n) is 2.15. The third-order valence-electron chi connectivity index (χ3n) is 3.16. The van der Waals surface area contributed by atoms with Crippen LogP contribution in [-0.2, 0) is 4.74 Å². The number of aliphatic hydroxyl groups is 1. The fraction of sp³-hybridized carbons (Fsp3) is 0.400. The summed E-state index contributed by atoms with van der Waals surface area (Å²) in [5.41, 5.74) is 0. The number of aliphatic hydroxyl groups excluding tert-OH is 1. The minimum absolute atomic E-state index is 0.0326. The summed E-state index contributed by atoms with van der Waals surface area (Å²) in [6.07, 6.45) is 2.37. The molecule has 1 heterocycles. The highest BCUT2D eigenvalue weighted by molar-refractivity contribution is 5.92. The molecule has 0 aliphatic rings. The van der Waals surface area contributed by atoms with E-state index in [9.17, 15) is 0 Å². The molecule has 0 aliphatic carbocycles. The van der Waals surface area contributed by atoms with Crippen molar-refractivity contribution >= 4 is 16.6 Å². The minimum atomic E-state index is 0.0326. The van der Waals surface area contributed by atoms with Crippen molar-refractivity contribution in [3.63, 3.8) is 0 Å². The number of nitrogens with zero attached hydrogens (tertiary/aromatic N) is 1. The van der Waals surface area contributed by atoms with E-state index in [0.717, 1.165) is 22.3 Å². The van der Waals surface area contributed by atoms with E-state index in [1.165, 1.54) is 0 Å². The summed E-state index contributed by atoms with van der Waals surface area (Å²) in [5, 5.41) is 14.5. The zero-order chi connectivity index (χ0) is 14.4. The summed E-state index contributed by atoms with van der Waals surface area (Å²) in [4.78, 5) is 4.38. The lowest BCUT2D eigenvalue weighted by Gasteiger charge is -2.18. The predicted molar refractivity (Wildman–Crippen MR) is 79.3 cm³/mol. The second kappa shape index (κ2) is 7.07. The molecule has 0 bridgehead atoms. The van der Waals surface area contributed by atoms with Gasteiger partial charge < -0.3 is 19.9 Å². The Labute approximate surface area is 118 Å². The van der Waals surface area contributed by atoms with E-state index in [0.29, 0.717) is 13.0 Å². The van der Waals surface area contributed by atoms with Crippen LogP contribution in [-0.4, -0.2) is 43.6 Å². The van der Waals surface area contributed by atoms with E-state index in [4.69, 9.17) is 14.6 Å². The Morgan fingerprint density at radius 1 is 1.30 bits per heavy atom. The van der Waals surface area contributed by atoms with E-state index in [-0.39, 0.29) is 12.6 Å². The number of methoxy groups -OCH3 is 2. The van der Waals surface area contributed by atoms with Gasteiger partial charge in [0.2, 0.25) is 0 Å². The van der Waals surface area contributed by atoms with E-state index in [2.05, 4.69) is 10.3 Å². The fourth-order valence-corrected chi connectivity index (χ4v) is 2.15. The highest BCUT2D eigenvalue weighted by Crippen LogP contribution is 2.25. The van der Waals surface area contributed by atoms with Gasteiger partial charge in [-0.3, -0.25) is 0 Å². The number of pyridine rings is 1. The van der Waals surface area contributed by atoms with Crippen LogP contribution < -0.4 is 10.1 Å². The van der Waals surface area contributed by atoms with Crippen LogP contribution in [0.5, 0.6) is 5.75 Å². The molecular weight excluding hydrogens is 256 g/mol. The van der Waals surface area contributed by atoms with Crippen molar-refractivity contribution in [3.8, 4) is 5.75 Å². The molecule has 0 spiro atoms. The van der Waals surface area contributed by atoms with Crippen LogP contribution in [0.2, 0.25) is 0 Å². The Hall–Kier alpha value is -1.85. The van der Waals surface area contributed by atoms with E-state index >= 15 is 0 Å². The molecular formula is C15H20N2O3. The van der Waals surface area contributed by atoms with Crippen LogP contribution in [0, 0.1) is 0 Å². The van der Waals surface area contributed by atoms with Crippen LogP contribution >= 0.6 is 0 Å². The van der Waals surface area contributed by atoms with Crippen molar-refractivity contribution < 1.29 is 14.6 Å². The van der Waals surface area contributed by atoms with Gasteiger partial charge in [0.25, 0.3) is 0 Å². The molecule has 5 nitrogen and oxygen atoms in total. The first-order valence-corrected chi connectivity index (χ1v) is 6.57. The number of nitrogens with one attached hydrogen (secondary N) is 1. The van der Waals surface area contributed by atoms with Crippen molar-refractivity contribution in [2.75, 3.05) is 32.8 Å². The molecule has 1 aromatic heterocycles. The summed E-state index contributed by atoms with van der Waals surface area (Å²) >= 11 is 0. The summed E-state index contributed by atoms with van der Waals surface area (Å²) < 4.78 is 10.4. The Morgan fingerprint density at radius 3 is 2.85 bits per heavy atom.